The third-order valence-electron chi connectivity index (χ3n) is 5.06. The number of carbonyl (C=O) groups excluding carboxylic acids is 2. The lowest BCUT2D eigenvalue weighted by Crippen LogP contribution is -2.40. The van der Waals surface area contributed by atoms with Crippen LogP contribution in [0.3, 0.4) is 0 Å². The number of aryl methyl sites for hydroxylation is 2. The number of likely N-dealkylation sites (N-methyl/N-ethyl adjacent to an activating group) is 2. The highest BCUT2D eigenvalue weighted by Crippen LogP contribution is 2.46. The van der Waals surface area contributed by atoms with E-state index in [1.165, 1.54) is 44.6 Å². The van der Waals surface area contributed by atoms with Gasteiger partial charge in [-0.25, -0.2) is 0 Å². The van der Waals surface area contributed by atoms with E-state index in [-0.39, 0.29) is 11.8 Å². The molecule has 0 saturated carbocycles. The molecule has 0 aliphatic carbocycles. The maximum absolute atomic E-state index is 13.0. The van der Waals surface area contributed by atoms with E-state index in [0.717, 1.165) is 10.6 Å². The monoisotopic (exact) mass is 418 g/mol. The molecular weight excluding hydrogens is 400 g/mol. The summed E-state index contributed by atoms with van der Waals surface area (Å²) in [5.41, 5.74) is 0.554. The maximum Gasteiger partial charge on any atom is 0.316 e. The quantitative estimate of drug-likeness (QED) is 0.463. The summed E-state index contributed by atoms with van der Waals surface area (Å²) in [6, 6.07) is 3.53. The highest BCUT2D eigenvalue weighted by Gasteiger charge is 2.34. The normalized spacial score (nSPS) is 20.1. The number of amides is 2. The van der Waals surface area contributed by atoms with Crippen LogP contribution in [0.2, 0.25) is 0 Å². The van der Waals surface area contributed by atoms with Gasteiger partial charge in [0.2, 0.25) is 0 Å². The second kappa shape index (κ2) is 6.56. The fourth-order valence-corrected chi connectivity index (χ4v) is 5.74. The van der Waals surface area contributed by atoms with E-state index < -0.39 is 11.1 Å². The van der Waals surface area contributed by atoms with E-state index in [1.54, 1.807) is 38.2 Å². The van der Waals surface area contributed by atoms with Crippen LogP contribution in [-0.4, -0.2) is 52.2 Å². The second-order valence-electron chi connectivity index (χ2n) is 6.74. The first-order valence-electron chi connectivity index (χ1n) is 8.54. The van der Waals surface area contributed by atoms with E-state index in [1.807, 2.05) is 0 Å². The van der Waals surface area contributed by atoms with Crippen molar-refractivity contribution in [3.05, 3.63) is 42.7 Å². The predicted molar refractivity (Wildman–Crippen MR) is 111 cm³/mol. The fourth-order valence-electron chi connectivity index (χ4n) is 3.28. The Balaban J connectivity index is 1.96. The van der Waals surface area contributed by atoms with Gasteiger partial charge in [-0.15, -0.1) is 11.8 Å². The van der Waals surface area contributed by atoms with Crippen LogP contribution in [0.5, 0.6) is 0 Å². The van der Waals surface area contributed by atoms with E-state index in [0.29, 0.717) is 33.1 Å². The minimum atomic E-state index is -0.623. The van der Waals surface area contributed by atoms with Crippen LogP contribution < -0.4 is 16.0 Å². The Kier molecular flexibility index (Phi) is 4.42. The van der Waals surface area contributed by atoms with Crippen molar-refractivity contribution in [3.8, 4) is 0 Å². The zero-order chi connectivity index (χ0) is 20.3. The Morgan fingerprint density at radius 3 is 2.07 bits per heavy atom. The number of nitrogens with zero attached hydrogens (tertiary/aromatic N) is 4. The van der Waals surface area contributed by atoms with Crippen LogP contribution in [0.1, 0.15) is 0 Å². The highest BCUT2D eigenvalue weighted by atomic mass is 32.2. The van der Waals surface area contributed by atoms with Gasteiger partial charge in [-0.3, -0.25) is 19.2 Å². The van der Waals surface area contributed by atoms with Crippen molar-refractivity contribution in [2.24, 2.45) is 14.1 Å². The molecule has 2 aromatic rings. The number of benzene rings is 1. The summed E-state index contributed by atoms with van der Waals surface area (Å²) in [5, 5.41) is 0. The van der Waals surface area contributed by atoms with Crippen LogP contribution in [0, 0.1) is 0 Å². The van der Waals surface area contributed by atoms with Crippen molar-refractivity contribution in [2.45, 2.75) is 4.90 Å². The van der Waals surface area contributed by atoms with Crippen molar-refractivity contribution in [2.75, 3.05) is 31.3 Å². The van der Waals surface area contributed by atoms with Gasteiger partial charge in [0.25, 0.3) is 11.8 Å². The molecular formula is C18H18N4O4S2. The number of aromatic nitrogens is 2. The molecule has 146 valence electrons. The number of hydrogen-bond donors (Lipinski definition) is 0. The molecule has 1 aromatic carbocycles. The molecule has 0 N–H and O–H groups in total. The van der Waals surface area contributed by atoms with Crippen molar-refractivity contribution < 1.29 is 9.59 Å². The van der Waals surface area contributed by atoms with Crippen LogP contribution in [0.4, 0.5) is 5.69 Å². The first kappa shape index (κ1) is 18.9. The summed E-state index contributed by atoms with van der Waals surface area (Å²) in [7, 11) is 6.46. The Morgan fingerprint density at radius 1 is 0.821 bits per heavy atom. The maximum atomic E-state index is 13.0. The number of anilines is 1. The molecule has 8 nitrogen and oxygen atoms in total. The van der Waals surface area contributed by atoms with Gasteiger partial charge in [-0.1, -0.05) is 11.8 Å². The standard InChI is InChI=1S/C18H18N4O4S2/c1-19-5-6-27-13(15(19)23)14-16(24)22(4)11-7-9-10(8-12(11)28-14)21(3)18(26)17(25)20(9)2/h7-8H,5-6H2,1-4H3/b14-13+. The van der Waals surface area contributed by atoms with Gasteiger partial charge >= 0.3 is 11.1 Å². The lowest BCUT2D eigenvalue weighted by Gasteiger charge is -2.31. The van der Waals surface area contributed by atoms with E-state index >= 15 is 0 Å². The van der Waals surface area contributed by atoms with Crippen LogP contribution in [-0.2, 0) is 23.7 Å². The number of thioether (sulfide) groups is 2. The molecule has 0 spiro atoms. The van der Waals surface area contributed by atoms with Crippen LogP contribution in [0.15, 0.2) is 36.4 Å². The minimum absolute atomic E-state index is 0.153. The topological polar surface area (TPSA) is 84.6 Å². The largest absolute Gasteiger partial charge is 0.340 e. The van der Waals surface area contributed by atoms with Crippen LogP contribution in [0.25, 0.3) is 11.0 Å². The van der Waals surface area contributed by atoms with E-state index in [2.05, 4.69) is 0 Å². The minimum Gasteiger partial charge on any atom is -0.340 e. The Labute approximate surface area is 168 Å². The molecule has 0 bridgehead atoms. The number of fused-ring (bicyclic) bond motifs is 2. The summed E-state index contributed by atoms with van der Waals surface area (Å²) >= 11 is 2.63. The molecule has 2 aliphatic heterocycles. The molecule has 4 rings (SSSR count). The second-order valence-corrected chi connectivity index (χ2v) is 8.89. The summed E-state index contributed by atoms with van der Waals surface area (Å²) in [6.07, 6.45) is 0. The summed E-state index contributed by atoms with van der Waals surface area (Å²) in [4.78, 5) is 54.6. The van der Waals surface area contributed by atoms with Gasteiger partial charge in [0, 0.05) is 45.4 Å². The molecule has 0 atom stereocenters. The molecule has 2 amide bonds. The summed E-state index contributed by atoms with van der Waals surface area (Å²) < 4.78 is 2.61. The molecule has 10 heteroatoms. The smallest absolute Gasteiger partial charge is 0.316 e. The molecule has 1 fully saturated rings. The lowest BCUT2D eigenvalue weighted by atomic mass is 10.2. The van der Waals surface area contributed by atoms with Gasteiger partial charge < -0.3 is 18.9 Å². The molecule has 3 heterocycles. The van der Waals surface area contributed by atoms with Gasteiger partial charge in [-0.2, -0.15) is 0 Å². The van der Waals surface area contributed by atoms with E-state index in [4.69, 9.17) is 0 Å². The predicted octanol–water partition coefficient (Wildman–Crippen LogP) is 0.722. The van der Waals surface area contributed by atoms with Gasteiger partial charge in [-0.05, 0) is 12.1 Å². The van der Waals surface area contributed by atoms with Gasteiger partial charge in [0.05, 0.1) is 26.5 Å². The number of carbonyl (C=O) groups is 2. The Hall–Kier alpha value is -2.46. The molecule has 1 saturated heterocycles. The molecule has 2 aliphatic rings. The summed E-state index contributed by atoms with van der Waals surface area (Å²) in [6.45, 7) is 0.645. The van der Waals surface area contributed by atoms with Gasteiger partial charge in [0.1, 0.15) is 0 Å². The van der Waals surface area contributed by atoms with Crippen molar-refractivity contribution in [3.63, 3.8) is 0 Å². The fraction of sp³-hybridized carbons (Fsp3) is 0.333. The SMILES string of the molecule is CN1CCS/C(=C2/Sc3cc4c(cc3N(C)C2=O)n(C)c(=O)c(=O)n4C)C1=O. The van der Waals surface area contributed by atoms with Crippen molar-refractivity contribution >= 4 is 52.1 Å². The zero-order valence-electron chi connectivity index (χ0n) is 15.8. The molecule has 28 heavy (non-hydrogen) atoms. The molecule has 1 aromatic heterocycles. The summed E-state index contributed by atoms with van der Waals surface area (Å²) in [5.74, 6) is 0.331. The van der Waals surface area contributed by atoms with Gasteiger partial charge in [0.15, 0.2) is 0 Å². The zero-order valence-corrected chi connectivity index (χ0v) is 17.4. The molecule has 0 radical (unpaired) electrons. The molecule has 0 unspecified atom stereocenters. The van der Waals surface area contributed by atoms with Crippen LogP contribution >= 0.6 is 23.5 Å². The first-order valence-corrected chi connectivity index (χ1v) is 10.3. The third-order valence-corrected chi connectivity index (χ3v) is 7.38. The van der Waals surface area contributed by atoms with E-state index in [9.17, 15) is 19.2 Å². The Morgan fingerprint density at radius 2 is 1.43 bits per heavy atom. The lowest BCUT2D eigenvalue weighted by molar-refractivity contribution is -0.125. The van der Waals surface area contributed by atoms with Crippen molar-refractivity contribution in [1.82, 2.24) is 14.0 Å². The first-order chi connectivity index (χ1) is 13.2. The number of hydrogen-bond acceptors (Lipinski definition) is 6. The van der Waals surface area contributed by atoms with Crippen molar-refractivity contribution in [1.29, 1.82) is 0 Å². The number of rotatable bonds is 0. The average Bonchev–Trinajstić information content (AvgIpc) is 2.69. The average molecular weight is 419 g/mol. The highest BCUT2D eigenvalue weighted by molar-refractivity contribution is 8.08. The third kappa shape index (κ3) is 2.62. The Bertz CT molecular complexity index is 1210.